The fourth-order valence-corrected chi connectivity index (χ4v) is 27.1. The van der Waals surface area contributed by atoms with Gasteiger partial charge in [0.15, 0.2) is 16.1 Å². The van der Waals surface area contributed by atoms with Gasteiger partial charge in [-0.1, -0.05) is 351 Å². The molecule has 0 spiro atoms. The lowest BCUT2D eigenvalue weighted by atomic mass is 9.33. The number of nitrogens with zero attached hydrogens (tertiary/aromatic N) is 3. The number of hydrogen-bond acceptors (Lipinski definition) is 2. The first-order valence-corrected chi connectivity index (χ1v) is 40.7. The van der Waals surface area contributed by atoms with Crippen molar-refractivity contribution in [2.45, 2.75) is 52.4 Å². The molecule has 0 radical (unpaired) electrons. The number of fused-ring (bicyclic) bond motifs is 7. The van der Waals surface area contributed by atoms with Gasteiger partial charge in [-0.3, -0.25) is 0 Å². The van der Waals surface area contributed by atoms with Gasteiger partial charge in [0, 0.05) is 44.9 Å². The van der Waals surface area contributed by atoms with Gasteiger partial charge in [-0.2, -0.15) is 0 Å². The Hall–Kier alpha value is -11.8. The molecular weight excluding hydrogens is 1290 g/mol. The minimum atomic E-state index is -3.00. The first-order chi connectivity index (χ1) is 50.8. The number of para-hydroxylation sites is 3. The van der Waals surface area contributed by atoms with Crippen molar-refractivity contribution < 1.29 is 0 Å². The number of anilines is 6. The van der Waals surface area contributed by atoms with E-state index in [9.17, 15) is 0 Å². The van der Waals surface area contributed by atoms with E-state index in [-0.39, 0.29) is 17.5 Å². The summed E-state index contributed by atoms with van der Waals surface area (Å²) in [5.41, 5.74) is 21.1. The predicted molar refractivity (Wildman–Crippen MR) is 450 cm³/mol. The Morgan fingerprint density at radius 2 is 0.615 bits per heavy atom. The molecule has 3 nitrogen and oxygen atoms in total. The number of hydrogen-bond donors (Lipinski definition) is 0. The van der Waals surface area contributed by atoms with Gasteiger partial charge in [0.05, 0.1) is 16.7 Å². The summed E-state index contributed by atoms with van der Waals surface area (Å²) in [4.78, 5) is 5.27. The second kappa shape index (κ2) is 25.6. The second-order valence-electron chi connectivity index (χ2n) is 30.4. The van der Waals surface area contributed by atoms with Crippen LogP contribution >= 0.6 is 0 Å². The van der Waals surface area contributed by atoms with Crippen LogP contribution in [0.25, 0.3) is 49.7 Å². The minimum Gasteiger partial charge on any atom is -0.311 e. The summed E-state index contributed by atoms with van der Waals surface area (Å²) in [6.07, 6.45) is 0. The Morgan fingerprint density at radius 1 is 0.240 bits per heavy atom. The smallest absolute Gasteiger partial charge is 0.252 e. The lowest BCUT2D eigenvalue weighted by Crippen LogP contribution is -2.74. The van der Waals surface area contributed by atoms with Crippen LogP contribution in [0.4, 0.5) is 34.1 Å². The van der Waals surface area contributed by atoms with Gasteiger partial charge < -0.3 is 14.4 Å². The Bertz CT molecular complexity index is 5470. The number of aromatic nitrogens is 1. The van der Waals surface area contributed by atoms with E-state index >= 15 is 0 Å². The maximum Gasteiger partial charge on any atom is 0.252 e. The molecule has 0 aliphatic carbocycles. The zero-order chi connectivity index (χ0) is 70.3. The molecule has 0 N–H and O–H groups in total. The van der Waals surface area contributed by atoms with E-state index in [4.69, 9.17) is 0 Å². The summed E-state index contributed by atoms with van der Waals surface area (Å²) in [7, 11) is -5.99. The van der Waals surface area contributed by atoms with Gasteiger partial charge in [-0.15, -0.1) is 0 Å². The molecule has 2 aliphatic rings. The van der Waals surface area contributed by atoms with Gasteiger partial charge in [-0.05, 0) is 169 Å². The predicted octanol–water partition coefficient (Wildman–Crippen LogP) is 17.6. The lowest BCUT2D eigenvalue weighted by molar-refractivity contribution is 0.590. The number of benzene rings is 15. The molecule has 0 saturated carbocycles. The summed E-state index contributed by atoms with van der Waals surface area (Å²) in [5, 5.41) is 13.1. The van der Waals surface area contributed by atoms with Crippen LogP contribution in [0.1, 0.15) is 52.7 Å². The summed E-state index contributed by atoms with van der Waals surface area (Å²) < 4.78 is 2.53. The molecule has 6 heteroatoms. The highest BCUT2D eigenvalue weighted by Gasteiger charge is 2.46. The molecule has 0 atom stereocenters. The zero-order valence-electron chi connectivity index (χ0n) is 59.7. The monoisotopic (exact) mass is 1370 g/mol. The average molecular weight is 1370 g/mol. The minimum absolute atomic E-state index is 0.102. The molecule has 15 aromatic carbocycles. The standard InChI is InChI=1S/C98H80BN3Si2/c1-97(2,3)73-36-33-37-75(65-73)100-93-66-74(98(4,5)6)58-59-89(93)99-88-54-27-30-57-92(88)102(95-68-77(67-94(100)96(95)99)101-90-55-28-25-52-86(90)87-53-26-29-56-91(87)101)76-61-71(69-34-31-50-84(63-69)103(78-38-13-7-14-39-78,79-40-15-8-16-41-79)80-42-17-9-18-43-80)60-72(62-76)70-35-32-51-85(64-70)104(81-44-19-10-20-45-81,82-46-21-11-22-47-82)83-48-23-12-24-49-83/h7-68H,1-6H3. The van der Waals surface area contributed by atoms with E-state index in [0.29, 0.717) is 0 Å². The Balaban J connectivity index is 0.953. The van der Waals surface area contributed by atoms with Crippen LogP contribution in [-0.4, -0.2) is 27.4 Å². The molecule has 104 heavy (non-hydrogen) atoms. The molecule has 0 bridgehead atoms. The number of rotatable bonds is 13. The highest BCUT2D eigenvalue weighted by Crippen LogP contribution is 2.49. The molecule has 0 fully saturated rings. The molecule has 0 unspecified atom stereocenters. The Morgan fingerprint density at radius 3 is 1.07 bits per heavy atom. The molecule has 3 heterocycles. The van der Waals surface area contributed by atoms with Gasteiger partial charge in [-0.25, -0.2) is 0 Å². The van der Waals surface area contributed by atoms with Crippen LogP contribution in [0.3, 0.4) is 0 Å². The van der Waals surface area contributed by atoms with Crippen molar-refractivity contribution in [3.05, 3.63) is 387 Å². The Labute approximate surface area is 614 Å². The van der Waals surface area contributed by atoms with Crippen LogP contribution in [0.2, 0.25) is 0 Å². The van der Waals surface area contributed by atoms with Crippen molar-refractivity contribution >= 4 is 137 Å². The van der Waals surface area contributed by atoms with E-state index in [1.54, 1.807) is 0 Å². The third-order valence-electron chi connectivity index (χ3n) is 22.3. The summed E-state index contributed by atoms with van der Waals surface area (Å²) >= 11 is 0. The topological polar surface area (TPSA) is 11.4 Å². The average Bonchev–Trinajstić information content (AvgIpc) is 0.809. The quantitative estimate of drug-likeness (QED) is 0.0842. The largest absolute Gasteiger partial charge is 0.311 e. The first-order valence-electron chi connectivity index (χ1n) is 36.7. The normalized spacial score (nSPS) is 12.8. The second-order valence-corrected chi connectivity index (χ2v) is 38.0. The van der Waals surface area contributed by atoms with E-state index in [2.05, 4.69) is 432 Å². The van der Waals surface area contributed by atoms with E-state index in [1.165, 1.54) is 102 Å². The summed E-state index contributed by atoms with van der Waals surface area (Å²) in [6, 6.07) is 144. The molecule has 2 aliphatic heterocycles. The van der Waals surface area contributed by atoms with Gasteiger partial charge in [0.2, 0.25) is 0 Å². The van der Waals surface area contributed by atoms with E-state index in [0.717, 1.165) is 50.7 Å². The zero-order valence-corrected chi connectivity index (χ0v) is 61.7. The van der Waals surface area contributed by atoms with Crippen LogP contribution in [0, 0.1) is 0 Å². The highest BCUT2D eigenvalue weighted by molar-refractivity contribution is 7.20. The molecule has 16 aromatic rings. The molecule has 18 rings (SSSR count). The summed E-state index contributed by atoms with van der Waals surface area (Å²) in [6.45, 7) is 13.9. The van der Waals surface area contributed by atoms with Crippen molar-refractivity contribution in [1.82, 2.24) is 4.57 Å². The maximum absolute atomic E-state index is 3.00. The molecule has 0 saturated heterocycles. The fourth-order valence-electron chi connectivity index (χ4n) is 17.5. The van der Waals surface area contributed by atoms with Crippen molar-refractivity contribution in [1.29, 1.82) is 0 Å². The van der Waals surface area contributed by atoms with Crippen LogP contribution in [0.15, 0.2) is 376 Å². The lowest BCUT2D eigenvalue weighted by Gasteiger charge is -2.45. The van der Waals surface area contributed by atoms with Crippen molar-refractivity contribution in [3.63, 3.8) is 0 Å². The van der Waals surface area contributed by atoms with Gasteiger partial charge in [0.1, 0.15) is 0 Å². The van der Waals surface area contributed by atoms with E-state index in [1.807, 2.05) is 0 Å². The fraction of sp³-hybridized carbons (Fsp3) is 0.0816. The third-order valence-corrected chi connectivity index (χ3v) is 31.9. The van der Waals surface area contributed by atoms with Crippen LogP contribution in [-0.2, 0) is 10.8 Å². The summed E-state index contributed by atoms with van der Waals surface area (Å²) in [5.74, 6) is 0. The first kappa shape index (κ1) is 64.3. The molecular formula is C98H80BN3Si2. The third kappa shape index (κ3) is 10.6. The SMILES string of the molecule is CC(C)(C)c1cccc(N2c3cc(C(C)(C)C)ccc3B3c4ccccc4N(c4cc(-c5cccc([Si](c6ccccc6)(c6ccccc6)c6ccccc6)c5)cc(-c5cccc([Si](c6ccccc6)(c6ccccc6)c6ccccc6)c5)c4)c4cc(-n5c6ccccc6c6ccccc65)cc2c43)c1. The van der Waals surface area contributed by atoms with E-state index < -0.39 is 16.1 Å². The Kier molecular flexibility index (Phi) is 15.8. The maximum atomic E-state index is 2.65. The molecule has 0 amide bonds. The highest BCUT2D eigenvalue weighted by atomic mass is 28.3. The van der Waals surface area contributed by atoms with Crippen molar-refractivity contribution in [3.8, 4) is 27.9 Å². The van der Waals surface area contributed by atoms with Crippen molar-refractivity contribution in [2.24, 2.45) is 0 Å². The van der Waals surface area contributed by atoms with Crippen LogP contribution in [0.5, 0.6) is 0 Å². The molecule has 498 valence electrons. The van der Waals surface area contributed by atoms with Crippen LogP contribution < -0.4 is 67.7 Å². The van der Waals surface area contributed by atoms with Crippen molar-refractivity contribution in [2.75, 3.05) is 9.80 Å². The van der Waals surface area contributed by atoms with Gasteiger partial charge >= 0.3 is 0 Å². The molecule has 1 aromatic heterocycles. The van der Waals surface area contributed by atoms with Gasteiger partial charge in [0.25, 0.3) is 6.71 Å².